The number of hydrogen-bond donors (Lipinski definition) is 1. The SMILES string of the molecule is C[C@@H]1[C@@H](C)C/C=C(\F)[C@H](CN2CCOCC2)N2CC[C@H]2CN2C[C@@]3(CCCc4cc(Cl)ccc43)COc3ccc(cc32)C(=O)NS1(=O)=O. The van der Waals surface area contributed by atoms with Crippen molar-refractivity contribution in [3.8, 4) is 5.75 Å². The lowest BCUT2D eigenvalue weighted by Crippen LogP contribution is -2.61. The molecule has 0 unspecified atom stereocenters. The number of carbonyl (C=O) groups is 1. The maximum absolute atomic E-state index is 16.4. The van der Waals surface area contributed by atoms with Gasteiger partial charge in [0.15, 0.2) is 0 Å². The van der Waals surface area contributed by atoms with Crippen LogP contribution in [0.15, 0.2) is 48.3 Å². The molecule has 0 saturated carbocycles. The molecule has 1 spiro atoms. The lowest BCUT2D eigenvalue weighted by molar-refractivity contribution is -0.00209. The van der Waals surface area contributed by atoms with Crippen LogP contribution in [0.2, 0.25) is 5.02 Å². The van der Waals surface area contributed by atoms with Crippen LogP contribution >= 0.6 is 11.6 Å². The number of nitrogens with one attached hydrogen (secondary N) is 1. The first-order valence-electron chi connectivity index (χ1n) is 17.3. The Kier molecular flexibility index (Phi) is 9.53. The van der Waals surface area contributed by atoms with Crippen molar-refractivity contribution in [3.05, 3.63) is 70.0 Å². The zero-order chi connectivity index (χ0) is 33.6. The van der Waals surface area contributed by atoms with Gasteiger partial charge in [-0.15, -0.1) is 0 Å². The van der Waals surface area contributed by atoms with E-state index in [1.165, 1.54) is 11.1 Å². The molecule has 260 valence electrons. The minimum absolute atomic E-state index is 0.0774. The van der Waals surface area contributed by atoms with Gasteiger partial charge in [0.05, 0.1) is 36.8 Å². The fourth-order valence-electron chi connectivity index (χ4n) is 8.17. The van der Waals surface area contributed by atoms with Crippen molar-refractivity contribution < 1.29 is 27.1 Å². The Morgan fingerprint density at radius 3 is 2.69 bits per heavy atom. The third kappa shape index (κ3) is 6.61. The molecule has 1 amide bonds. The highest BCUT2D eigenvalue weighted by atomic mass is 35.5. The summed E-state index contributed by atoms with van der Waals surface area (Å²) < 4.78 is 57.7. The Morgan fingerprint density at radius 1 is 1.10 bits per heavy atom. The maximum Gasteiger partial charge on any atom is 0.264 e. The average Bonchev–Trinajstić information content (AvgIpc) is 3.21. The fourth-order valence-corrected chi connectivity index (χ4v) is 9.65. The highest BCUT2D eigenvalue weighted by Gasteiger charge is 2.45. The van der Waals surface area contributed by atoms with Gasteiger partial charge in [0.25, 0.3) is 5.91 Å². The number of nitrogens with zero attached hydrogens (tertiary/aromatic N) is 3. The van der Waals surface area contributed by atoms with Crippen LogP contribution in [-0.2, 0) is 26.6 Å². The van der Waals surface area contributed by atoms with Gasteiger partial charge in [0.1, 0.15) is 11.6 Å². The van der Waals surface area contributed by atoms with Crippen LogP contribution in [-0.4, -0.2) is 101 Å². The van der Waals surface area contributed by atoms with Crippen LogP contribution in [0.1, 0.15) is 61.0 Å². The van der Waals surface area contributed by atoms with Gasteiger partial charge in [-0.1, -0.05) is 30.7 Å². The Hall–Kier alpha value is -2.70. The number of aryl methyl sites for hydroxylation is 1. The molecule has 9 nitrogen and oxygen atoms in total. The monoisotopic (exact) mass is 700 g/mol. The number of sulfonamides is 1. The Bertz CT molecular complexity index is 1680. The predicted octanol–water partition coefficient (Wildman–Crippen LogP) is 4.93. The fraction of sp³-hybridized carbons (Fsp3) is 0.583. The van der Waals surface area contributed by atoms with Crippen molar-refractivity contribution in [3.63, 3.8) is 0 Å². The first-order valence-corrected chi connectivity index (χ1v) is 19.2. The zero-order valence-corrected chi connectivity index (χ0v) is 29.4. The molecule has 0 aromatic heterocycles. The number of fused-ring (bicyclic) bond motifs is 4. The standard InChI is InChI=1S/C36H46ClFN4O5S/c1-24-5-9-31(38)33(21-40-14-16-46-17-15-40)42-13-11-29(42)20-41-22-36(12-3-4-26-18-28(37)7-8-30(26)36)23-47-34-10-6-27(19-32(34)41)35(43)39-48(44,45)25(24)2/h6-10,18-19,24-25,29,33H,3-5,11-17,20-23H2,1-2H3,(H,39,43)/b31-9-/t24-,25+,29-,33-,36-/m0/s1. The summed E-state index contributed by atoms with van der Waals surface area (Å²) >= 11 is 6.44. The smallest absolute Gasteiger partial charge is 0.264 e. The summed E-state index contributed by atoms with van der Waals surface area (Å²) in [5.74, 6) is -0.670. The lowest BCUT2D eigenvalue weighted by atomic mass is 9.70. The van der Waals surface area contributed by atoms with Gasteiger partial charge in [0, 0.05) is 61.3 Å². The van der Waals surface area contributed by atoms with Crippen LogP contribution in [0, 0.1) is 5.92 Å². The van der Waals surface area contributed by atoms with E-state index < -0.39 is 33.1 Å². The number of amides is 1. The second-order valence-electron chi connectivity index (χ2n) is 14.4. The molecule has 4 heterocycles. The molecule has 2 saturated heterocycles. The molecule has 5 aliphatic rings. The van der Waals surface area contributed by atoms with Gasteiger partial charge in [-0.25, -0.2) is 17.5 Å². The van der Waals surface area contributed by atoms with Crippen LogP contribution in [0.3, 0.4) is 0 Å². The summed E-state index contributed by atoms with van der Waals surface area (Å²) in [6, 6.07) is 11.0. The second-order valence-corrected chi connectivity index (χ2v) is 16.9. The van der Waals surface area contributed by atoms with Crippen molar-refractivity contribution in [1.82, 2.24) is 14.5 Å². The first-order chi connectivity index (χ1) is 23.0. The molecule has 5 atom stereocenters. The number of benzene rings is 2. The zero-order valence-electron chi connectivity index (χ0n) is 27.8. The van der Waals surface area contributed by atoms with E-state index in [0.717, 1.165) is 56.0 Å². The molecule has 12 heteroatoms. The molecule has 2 aromatic rings. The summed E-state index contributed by atoms with van der Waals surface area (Å²) in [5, 5.41) is -0.192. The molecule has 2 fully saturated rings. The van der Waals surface area contributed by atoms with Crippen LogP contribution in [0.25, 0.3) is 0 Å². The Labute approximate surface area is 288 Å². The van der Waals surface area contributed by atoms with Crippen LogP contribution < -0.4 is 14.4 Å². The van der Waals surface area contributed by atoms with E-state index in [-0.39, 0.29) is 29.3 Å². The third-order valence-corrected chi connectivity index (χ3v) is 13.5. The largest absolute Gasteiger partial charge is 0.490 e. The summed E-state index contributed by atoms with van der Waals surface area (Å²) in [7, 11) is -4.04. The van der Waals surface area contributed by atoms with Crippen molar-refractivity contribution in [2.75, 3.05) is 64.0 Å². The number of carbonyl (C=O) groups excluding carboxylic acids is 1. The van der Waals surface area contributed by atoms with Crippen LogP contribution in [0.4, 0.5) is 10.1 Å². The molecular weight excluding hydrogens is 655 g/mol. The van der Waals surface area contributed by atoms with Gasteiger partial charge < -0.3 is 14.4 Å². The second kappa shape index (κ2) is 13.5. The number of halogens is 2. The van der Waals surface area contributed by atoms with E-state index in [2.05, 4.69) is 31.6 Å². The number of rotatable bonds is 2. The van der Waals surface area contributed by atoms with Crippen molar-refractivity contribution in [2.45, 2.75) is 68.7 Å². The number of allylic oxidation sites excluding steroid dienone is 1. The van der Waals surface area contributed by atoms with E-state index in [4.69, 9.17) is 21.1 Å². The topological polar surface area (TPSA) is 91.4 Å². The summed E-state index contributed by atoms with van der Waals surface area (Å²) in [6.45, 7) is 9.15. The van der Waals surface area contributed by atoms with Crippen molar-refractivity contribution >= 4 is 33.2 Å². The van der Waals surface area contributed by atoms with E-state index >= 15 is 4.39 Å². The lowest BCUT2D eigenvalue weighted by Gasteiger charge is -2.50. The summed E-state index contributed by atoms with van der Waals surface area (Å²) in [6.07, 6.45) is 5.62. The average molecular weight is 701 g/mol. The minimum atomic E-state index is -4.04. The predicted molar refractivity (Wildman–Crippen MR) is 185 cm³/mol. The summed E-state index contributed by atoms with van der Waals surface area (Å²) in [4.78, 5) is 20.3. The molecule has 2 bridgehead atoms. The van der Waals surface area contributed by atoms with E-state index in [0.29, 0.717) is 45.2 Å². The maximum atomic E-state index is 16.4. The number of anilines is 1. The first kappa shape index (κ1) is 33.8. The number of morpholine rings is 1. The van der Waals surface area contributed by atoms with Gasteiger partial charge in [-0.3, -0.25) is 14.6 Å². The van der Waals surface area contributed by atoms with E-state index in [9.17, 15) is 13.2 Å². The van der Waals surface area contributed by atoms with Crippen molar-refractivity contribution in [2.24, 2.45) is 5.92 Å². The van der Waals surface area contributed by atoms with Gasteiger partial charge in [0.2, 0.25) is 10.0 Å². The molecule has 48 heavy (non-hydrogen) atoms. The highest BCUT2D eigenvalue weighted by molar-refractivity contribution is 7.90. The number of hydrogen-bond acceptors (Lipinski definition) is 8. The Balaban J connectivity index is 1.30. The van der Waals surface area contributed by atoms with Gasteiger partial charge >= 0.3 is 0 Å². The molecule has 2 aromatic carbocycles. The molecule has 7 rings (SSSR count). The molecule has 1 N–H and O–H groups in total. The van der Waals surface area contributed by atoms with Crippen LogP contribution in [0.5, 0.6) is 5.75 Å². The quantitative estimate of drug-likeness (QED) is 0.472. The number of ether oxygens (including phenoxy) is 2. The van der Waals surface area contributed by atoms with Crippen molar-refractivity contribution in [1.29, 1.82) is 0 Å². The van der Waals surface area contributed by atoms with Gasteiger partial charge in [-0.05, 0) is 86.4 Å². The summed E-state index contributed by atoms with van der Waals surface area (Å²) in [5.41, 5.74) is 3.15. The molecule has 4 aliphatic heterocycles. The minimum Gasteiger partial charge on any atom is -0.490 e. The molecular formula is C36H46ClFN4O5S. The van der Waals surface area contributed by atoms with Gasteiger partial charge in [-0.2, -0.15) is 0 Å². The molecule has 1 aliphatic carbocycles. The Morgan fingerprint density at radius 2 is 1.92 bits per heavy atom. The third-order valence-electron chi connectivity index (χ3n) is 11.4. The highest BCUT2D eigenvalue weighted by Crippen LogP contribution is 2.45. The normalized spacial score (nSPS) is 32.5. The van der Waals surface area contributed by atoms with E-state index in [1.54, 1.807) is 38.1 Å². The van der Waals surface area contributed by atoms with E-state index in [1.807, 2.05) is 6.07 Å². The molecule has 0 radical (unpaired) electrons.